The molecule has 2 aromatic rings. The van der Waals surface area contributed by atoms with Gasteiger partial charge in [0.2, 0.25) is 11.8 Å². The first-order valence-corrected chi connectivity index (χ1v) is 7.99. The van der Waals surface area contributed by atoms with Crippen molar-refractivity contribution in [2.75, 3.05) is 0 Å². The molecular formula is C20H24N2O2. The Morgan fingerprint density at radius 2 is 1.42 bits per heavy atom. The average molecular weight is 324 g/mol. The topological polar surface area (TPSA) is 86.2 Å². The highest BCUT2D eigenvalue weighted by atomic mass is 16.1. The molecule has 126 valence electrons. The molecule has 2 amide bonds. The minimum absolute atomic E-state index is 0.222. The molecule has 24 heavy (non-hydrogen) atoms. The summed E-state index contributed by atoms with van der Waals surface area (Å²) >= 11 is 0. The summed E-state index contributed by atoms with van der Waals surface area (Å²) in [6, 6.07) is 13.1. The standard InChI is InChI=1S/C20H24N2O2/c1-12(2)16-10-9-15(11-17(16)19(22)24)20(3,4)14-7-5-13(6-8-14)18(21)23/h5-12H,1-4H3,(H2,21,23)(H2,22,24). The monoisotopic (exact) mass is 324 g/mol. The first kappa shape index (κ1) is 17.7. The van der Waals surface area contributed by atoms with E-state index >= 15 is 0 Å². The normalized spacial score (nSPS) is 11.5. The predicted molar refractivity (Wildman–Crippen MR) is 96.1 cm³/mol. The summed E-state index contributed by atoms with van der Waals surface area (Å²) in [6.07, 6.45) is 0. The number of nitrogens with two attached hydrogens (primary N) is 2. The van der Waals surface area contributed by atoms with Crippen LogP contribution < -0.4 is 11.5 Å². The van der Waals surface area contributed by atoms with Crippen LogP contribution >= 0.6 is 0 Å². The number of amides is 2. The predicted octanol–water partition coefficient (Wildman–Crippen LogP) is 3.33. The van der Waals surface area contributed by atoms with Gasteiger partial charge in [-0.15, -0.1) is 0 Å². The van der Waals surface area contributed by atoms with Crippen LogP contribution in [0.4, 0.5) is 0 Å². The minimum atomic E-state index is -0.448. The fourth-order valence-electron chi connectivity index (χ4n) is 2.88. The lowest BCUT2D eigenvalue weighted by Gasteiger charge is -2.27. The summed E-state index contributed by atoms with van der Waals surface area (Å²) in [5.74, 6) is -0.642. The Hall–Kier alpha value is -2.62. The summed E-state index contributed by atoms with van der Waals surface area (Å²) in [5.41, 5.74) is 14.5. The Labute approximate surface area is 142 Å². The maximum atomic E-state index is 11.8. The van der Waals surface area contributed by atoms with Crippen LogP contribution in [0.15, 0.2) is 42.5 Å². The zero-order valence-corrected chi connectivity index (χ0v) is 14.6. The van der Waals surface area contributed by atoms with Gasteiger partial charge in [-0.05, 0) is 40.8 Å². The maximum absolute atomic E-state index is 11.8. The van der Waals surface area contributed by atoms with Crippen molar-refractivity contribution in [1.82, 2.24) is 0 Å². The third-order valence-electron chi connectivity index (χ3n) is 4.55. The van der Waals surface area contributed by atoms with Gasteiger partial charge in [0.25, 0.3) is 0 Å². The van der Waals surface area contributed by atoms with Crippen LogP contribution in [0.25, 0.3) is 0 Å². The Kier molecular flexibility index (Phi) is 4.78. The molecule has 0 saturated heterocycles. The molecule has 4 N–H and O–H groups in total. The fourth-order valence-corrected chi connectivity index (χ4v) is 2.88. The Morgan fingerprint density at radius 1 is 0.875 bits per heavy atom. The van der Waals surface area contributed by atoms with Crippen LogP contribution in [0.2, 0.25) is 0 Å². The number of hydrogen-bond donors (Lipinski definition) is 2. The van der Waals surface area contributed by atoms with E-state index in [1.54, 1.807) is 12.1 Å². The number of carbonyl (C=O) groups excluding carboxylic acids is 2. The molecule has 0 aliphatic carbocycles. The number of primary amides is 2. The molecule has 0 aliphatic heterocycles. The van der Waals surface area contributed by atoms with E-state index in [-0.39, 0.29) is 11.3 Å². The van der Waals surface area contributed by atoms with Crippen molar-refractivity contribution in [1.29, 1.82) is 0 Å². The largest absolute Gasteiger partial charge is 0.366 e. The van der Waals surface area contributed by atoms with Gasteiger partial charge in [0.15, 0.2) is 0 Å². The van der Waals surface area contributed by atoms with Crippen molar-refractivity contribution < 1.29 is 9.59 Å². The van der Waals surface area contributed by atoms with Crippen molar-refractivity contribution >= 4 is 11.8 Å². The molecule has 2 rings (SSSR count). The van der Waals surface area contributed by atoms with Crippen LogP contribution in [-0.2, 0) is 5.41 Å². The lowest BCUT2D eigenvalue weighted by atomic mass is 9.76. The first-order valence-electron chi connectivity index (χ1n) is 7.99. The average Bonchev–Trinajstić information content (AvgIpc) is 2.54. The van der Waals surface area contributed by atoms with E-state index in [0.29, 0.717) is 11.1 Å². The molecule has 0 heterocycles. The van der Waals surface area contributed by atoms with Crippen LogP contribution in [0, 0.1) is 0 Å². The summed E-state index contributed by atoms with van der Waals surface area (Å²) in [7, 11) is 0. The number of rotatable bonds is 5. The van der Waals surface area contributed by atoms with Crippen LogP contribution in [0.3, 0.4) is 0 Å². The van der Waals surface area contributed by atoms with E-state index in [2.05, 4.69) is 13.8 Å². The van der Waals surface area contributed by atoms with Crippen molar-refractivity contribution in [2.45, 2.75) is 39.0 Å². The van der Waals surface area contributed by atoms with E-state index in [0.717, 1.165) is 16.7 Å². The summed E-state index contributed by atoms with van der Waals surface area (Å²) < 4.78 is 0. The van der Waals surface area contributed by atoms with Gasteiger partial charge in [-0.2, -0.15) is 0 Å². The van der Waals surface area contributed by atoms with Crippen molar-refractivity contribution in [3.63, 3.8) is 0 Å². The molecule has 0 spiro atoms. The molecule has 0 fully saturated rings. The van der Waals surface area contributed by atoms with Crippen molar-refractivity contribution in [2.24, 2.45) is 11.5 Å². The molecule has 0 bridgehead atoms. The second-order valence-corrected chi connectivity index (χ2v) is 6.89. The van der Waals surface area contributed by atoms with Gasteiger partial charge in [-0.1, -0.05) is 52.0 Å². The zero-order chi connectivity index (χ0) is 18.1. The number of carbonyl (C=O) groups is 2. The fraction of sp³-hybridized carbons (Fsp3) is 0.300. The molecule has 0 aliphatic rings. The molecule has 4 nitrogen and oxygen atoms in total. The molecule has 0 aromatic heterocycles. The third kappa shape index (κ3) is 3.32. The van der Waals surface area contributed by atoms with Gasteiger partial charge in [-0.3, -0.25) is 9.59 Å². The molecule has 0 unspecified atom stereocenters. The molecule has 0 atom stereocenters. The number of hydrogen-bond acceptors (Lipinski definition) is 2. The molecular weight excluding hydrogens is 300 g/mol. The summed E-state index contributed by atoms with van der Waals surface area (Å²) in [6.45, 7) is 8.22. The quantitative estimate of drug-likeness (QED) is 0.884. The highest BCUT2D eigenvalue weighted by Gasteiger charge is 2.25. The molecule has 0 radical (unpaired) electrons. The van der Waals surface area contributed by atoms with Gasteiger partial charge < -0.3 is 11.5 Å². The highest BCUT2D eigenvalue weighted by Crippen LogP contribution is 2.33. The lowest BCUT2D eigenvalue weighted by molar-refractivity contribution is 0.0991. The van der Waals surface area contributed by atoms with E-state index < -0.39 is 11.8 Å². The van der Waals surface area contributed by atoms with Crippen molar-refractivity contribution in [3.8, 4) is 0 Å². The van der Waals surface area contributed by atoms with Crippen LogP contribution in [0.5, 0.6) is 0 Å². The van der Waals surface area contributed by atoms with E-state index in [1.807, 2.05) is 44.2 Å². The summed E-state index contributed by atoms with van der Waals surface area (Å²) in [4.78, 5) is 23.1. The minimum Gasteiger partial charge on any atom is -0.366 e. The second kappa shape index (κ2) is 6.48. The van der Waals surface area contributed by atoms with E-state index in [1.165, 1.54) is 0 Å². The Balaban J connectivity index is 2.50. The Morgan fingerprint density at radius 3 is 1.88 bits per heavy atom. The molecule has 0 saturated carbocycles. The van der Waals surface area contributed by atoms with Gasteiger partial charge in [0, 0.05) is 16.5 Å². The third-order valence-corrected chi connectivity index (χ3v) is 4.55. The van der Waals surface area contributed by atoms with Crippen molar-refractivity contribution in [3.05, 3.63) is 70.3 Å². The Bertz CT molecular complexity index is 775. The smallest absolute Gasteiger partial charge is 0.248 e. The van der Waals surface area contributed by atoms with Crippen LogP contribution in [0.1, 0.15) is 71.0 Å². The maximum Gasteiger partial charge on any atom is 0.248 e. The second-order valence-electron chi connectivity index (χ2n) is 6.89. The van der Waals surface area contributed by atoms with Gasteiger partial charge >= 0.3 is 0 Å². The van der Waals surface area contributed by atoms with E-state index in [4.69, 9.17) is 11.5 Å². The van der Waals surface area contributed by atoms with Crippen LogP contribution in [-0.4, -0.2) is 11.8 Å². The number of benzene rings is 2. The van der Waals surface area contributed by atoms with E-state index in [9.17, 15) is 9.59 Å². The summed E-state index contributed by atoms with van der Waals surface area (Å²) in [5, 5.41) is 0. The first-order chi connectivity index (χ1) is 11.1. The van der Waals surface area contributed by atoms with Gasteiger partial charge in [0.05, 0.1) is 0 Å². The SMILES string of the molecule is CC(C)c1ccc(C(C)(C)c2ccc(C(N)=O)cc2)cc1C(N)=O. The molecule has 2 aromatic carbocycles. The molecule has 4 heteroatoms. The highest BCUT2D eigenvalue weighted by molar-refractivity contribution is 5.95. The zero-order valence-electron chi connectivity index (χ0n) is 14.6. The van der Waals surface area contributed by atoms with Gasteiger partial charge in [-0.25, -0.2) is 0 Å². The lowest BCUT2D eigenvalue weighted by Crippen LogP contribution is -2.22. The van der Waals surface area contributed by atoms with Gasteiger partial charge in [0.1, 0.15) is 0 Å².